The number of rotatable bonds is 1. The van der Waals surface area contributed by atoms with Gasteiger partial charge in [-0.3, -0.25) is 0 Å². The van der Waals surface area contributed by atoms with Crippen molar-refractivity contribution < 1.29 is 0 Å². The topological polar surface area (TPSA) is 0 Å². The molecule has 0 N–H and O–H groups in total. The summed E-state index contributed by atoms with van der Waals surface area (Å²) in [4.78, 5) is 0. The first-order chi connectivity index (χ1) is 3.31. The van der Waals surface area contributed by atoms with Crippen LogP contribution in [0.3, 0.4) is 0 Å². The summed E-state index contributed by atoms with van der Waals surface area (Å²) in [5, 5.41) is 0. The van der Waals surface area contributed by atoms with Gasteiger partial charge in [0.15, 0.2) is 0 Å². The minimum atomic E-state index is 1.10. The second-order valence-electron chi connectivity index (χ2n) is 1.41. The Labute approximate surface area is 46.9 Å². The van der Waals surface area contributed by atoms with Crippen molar-refractivity contribution in [3.63, 3.8) is 0 Å². The molecule has 0 aliphatic carbocycles. The third kappa shape index (κ3) is 3.57. The predicted octanol–water partition coefficient (Wildman–Crippen LogP) is 0.613. The fraction of sp³-hybridized carbons (Fsp3) is 0.400. The van der Waals surface area contributed by atoms with Crippen molar-refractivity contribution in [1.82, 2.24) is 0 Å². The summed E-state index contributed by atoms with van der Waals surface area (Å²) >= 11 is 0. The molecule has 0 atom stereocenters. The Morgan fingerprint density at radius 3 is 2.43 bits per heavy atom. The average molecular weight is 89.7 g/mol. The molecule has 0 unspecified atom stereocenters. The van der Waals surface area contributed by atoms with Gasteiger partial charge in [-0.05, 0) is 0 Å². The first kappa shape index (κ1) is 6.74. The van der Waals surface area contributed by atoms with Crippen LogP contribution in [0.5, 0.6) is 0 Å². The van der Waals surface area contributed by atoms with E-state index in [4.69, 9.17) is 7.85 Å². The molecule has 0 amide bonds. The Bertz CT molecular complexity index is 92.3. The molecule has 0 bridgehead atoms. The standard InChI is InChI=1S/C5H8B2/c1-5(3-6)4-7-2/h3-4H,1-2H3/b5-3-. The van der Waals surface area contributed by atoms with Crippen molar-refractivity contribution in [1.29, 1.82) is 0 Å². The predicted molar refractivity (Wildman–Crippen MR) is 37.2 cm³/mol. The Hall–Kier alpha value is -0.260. The normalized spacial score (nSPS) is 12.0. The van der Waals surface area contributed by atoms with E-state index in [-0.39, 0.29) is 0 Å². The van der Waals surface area contributed by atoms with Crippen molar-refractivity contribution in [3.8, 4) is 0 Å². The van der Waals surface area contributed by atoms with Gasteiger partial charge in [-0.1, -0.05) is 0 Å². The van der Waals surface area contributed by atoms with E-state index < -0.39 is 0 Å². The zero-order valence-electron chi connectivity index (χ0n) is 4.81. The van der Waals surface area contributed by atoms with Gasteiger partial charge in [-0.2, -0.15) is 0 Å². The van der Waals surface area contributed by atoms with Gasteiger partial charge in [0.05, 0.1) is 0 Å². The van der Waals surface area contributed by atoms with E-state index in [2.05, 4.69) is 0 Å². The molecule has 0 aliphatic rings. The third-order valence-electron chi connectivity index (χ3n) is 0.692. The molecule has 0 nitrogen and oxygen atoms in total. The van der Waals surface area contributed by atoms with Crippen LogP contribution in [0, 0.1) is 0 Å². The molecule has 0 aromatic heterocycles. The van der Waals surface area contributed by atoms with Crippen LogP contribution in [0.1, 0.15) is 6.92 Å². The van der Waals surface area contributed by atoms with Crippen LogP contribution in [-0.2, 0) is 0 Å². The van der Waals surface area contributed by atoms with E-state index in [0.29, 0.717) is 0 Å². The molecule has 0 aliphatic heterocycles. The molecule has 7 heavy (non-hydrogen) atoms. The van der Waals surface area contributed by atoms with E-state index >= 15 is 0 Å². The van der Waals surface area contributed by atoms with E-state index in [9.17, 15) is 0 Å². The molecule has 2 radical (unpaired) electrons. The Balaban J connectivity index is 3.58. The minimum absolute atomic E-state index is 1.10. The molecule has 0 saturated heterocycles. The average Bonchev–Trinajstić information content (AvgIpc) is 1.68. The monoisotopic (exact) mass is 90.1 g/mol. The van der Waals surface area contributed by atoms with Gasteiger partial charge < -0.3 is 0 Å². The summed E-state index contributed by atoms with van der Waals surface area (Å²) in [6.45, 7) is 5.88. The van der Waals surface area contributed by atoms with E-state index in [1.54, 1.807) is 5.98 Å². The molecular weight excluding hydrogens is 81.7 g/mol. The summed E-state index contributed by atoms with van der Waals surface area (Å²) in [5.74, 6) is 3.54. The first-order valence-electron chi connectivity index (χ1n) is 2.32. The molecule has 34 valence electrons. The van der Waals surface area contributed by atoms with Gasteiger partial charge in [0.1, 0.15) is 0 Å². The molecular formula is C5H8B2. The molecule has 0 rings (SSSR count). The van der Waals surface area contributed by atoms with Crippen molar-refractivity contribution >= 4 is 20.7 Å². The van der Waals surface area contributed by atoms with Crippen LogP contribution in [0.25, 0.3) is 0 Å². The fourth-order valence-electron chi connectivity index (χ4n) is 0.318. The van der Waals surface area contributed by atoms with Crippen LogP contribution in [-0.4, -0.2) is 20.7 Å². The summed E-state index contributed by atoms with van der Waals surface area (Å²) in [7, 11) is 5.14. The maximum atomic E-state index is 5.14. The van der Waals surface area contributed by atoms with Crippen LogP contribution in [0.15, 0.2) is 11.5 Å². The van der Waals surface area contributed by atoms with Crippen LogP contribution in [0.2, 0.25) is 6.82 Å². The Morgan fingerprint density at radius 2 is 2.29 bits per heavy atom. The second kappa shape index (κ2) is 3.91. The molecule has 0 aromatic rings. The molecule has 0 fully saturated rings. The summed E-state index contributed by atoms with van der Waals surface area (Å²) in [6.07, 6.45) is 0. The van der Waals surface area contributed by atoms with Crippen molar-refractivity contribution in [3.05, 3.63) is 11.5 Å². The quantitative estimate of drug-likeness (QED) is 0.413. The van der Waals surface area contributed by atoms with E-state index in [0.717, 1.165) is 5.57 Å². The van der Waals surface area contributed by atoms with Gasteiger partial charge in [0.25, 0.3) is 0 Å². The van der Waals surface area contributed by atoms with Crippen molar-refractivity contribution in [2.24, 2.45) is 0 Å². The van der Waals surface area contributed by atoms with E-state index in [1.807, 2.05) is 26.6 Å². The van der Waals surface area contributed by atoms with Gasteiger partial charge in [-0.25, -0.2) is 0 Å². The molecule has 0 spiro atoms. The van der Waals surface area contributed by atoms with Crippen LogP contribution in [0.4, 0.5) is 0 Å². The molecule has 0 heterocycles. The second-order valence-corrected chi connectivity index (χ2v) is 1.41. The molecule has 0 saturated carbocycles. The number of hydrogen-bond donors (Lipinski definition) is 0. The Kier molecular flexibility index (Phi) is 3.77. The van der Waals surface area contributed by atoms with Crippen molar-refractivity contribution in [2.75, 3.05) is 0 Å². The van der Waals surface area contributed by atoms with Gasteiger partial charge in [0, 0.05) is 0 Å². The zero-order chi connectivity index (χ0) is 5.70. The van der Waals surface area contributed by atoms with Gasteiger partial charge in [-0.15, -0.1) is 0 Å². The van der Waals surface area contributed by atoms with Crippen molar-refractivity contribution in [2.45, 2.75) is 13.7 Å². The first-order valence-corrected chi connectivity index (χ1v) is 2.32. The van der Waals surface area contributed by atoms with Crippen LogP contribution >= 0.6 is 0 Å². The summed E-state index contributed by atoms with van der Waals surface area (Å²) in [6, 6.07) is 0. The number of hydrogen-bond acceptors (Lipinski definition) is 0. The number of allylic oxidation sites excluding steroid dienone is 1. The molecule has 2 heteroatoms. The Morgan fingerprint density at radius 1 is 1.71 bits per heavy atom. The van der Waals surface area contributed by atoms with Crippen LogP contribution < -0.4 is 0 Å². The summed E-state index contributed by atoms with van der Waals surface area (Å²) < 4.78 is 0. The fourth-order valence-corrected chi connectivity index (χ4v) is 0.318. The van der Waals surface area contributed by atoms with Gasteiger partial charge in [0.2, 0.25) is 0 Å². The SMILES string of the molecule is [B]/C=C(/C)C=BC. The zero-order valence-corrected chi connectivity index (χ0v) is 4.81. The maximum absolute atomic E-state index is 5.14. The summed E-state index contributed by atoms with van der Waals surface area (Å²) in [5.41, 5.74) is 1.10. The van der Waals surface area contributed by atoms with Gasteiger partial charge >= 0.3 is 46.0 Å². The third-order valence-corrected chi connectivity index (χ3v) is 0.692. The van der Waals surface area contributed by atoms with E-state index in [1.165, 1.54) is 0 Å². The molecule has 0 aromatic carbocycles.